The van der Waals surface area contributed by atoms with E-state index in [0.717, 1.165) is 25.9 Å². The number of carbonyl (C=O) groups is 1. The smallest absolute Gasteiger partial charge is 0.224 e. The van der Waals surface area contributed by atoms with Crippen molar-refractivity contribution in [3.8, 4) is 5.75 Å². The van der Waals surface area contributed by atoms with Gasteiger partial charge in [0.25, 0.3) is 0 Å². The third-order valence-corrected chi connectivity index (χ3v) is 2.63. The van der Waals surface area contributed by atoms with Gasteiger partial charge in [-0.2, -0.15) is 5.10 Å². The lowest BCUT2D eigenvalue weighted by atomic mass is 10.3. The second-order valence-corrected chi connectivity index (χ2v) is 3.80. The van der Waals surface area contributed by atoms with Gasteiger partial charge in [-0.15, -0.1) is 0 Å². The molecule has 2 rings (SSSR count). The first kappa shape index (κ1) is 10.0. The highest BCUT2D eigenvalue weighted by Crippen LogP contribution is 2.10. The van der Waals surface area contributed by atoms with E-state index in [1.165, 1.54) is 12.4 Å². The van der Waals surface area contributed by atoms with Crippen LogP contribution in [0, 0.1) is 0 Å². The average Bonchev–Trinajstić information content (AvgIpc) is 2.84. The summed E-state index contributed by atoms with van der Waals surface area (Å²) in [5.74, 6) is 0.325. The number of likely N-dealkylation sites (tertiary alicyclic amines) is 1. The molecule has 15 heavy (non-hydrogen) atoms. The van der Waals surface area contributed by atoms with Gasteiger partial charge < -0.3 is 10.0 Å². The molecular formula is C10H15N3O2. The molecule has 1 amide bonds. The summed E-state index contributed by atoms with van der Waals surface area (Å²) in [6, 6.07) is 0. The fourth-order valence-corrected chi connectivity index (χ4v) is 1.81. The summed E-state index contributed by atoms with van der Waals surface area (Å²) in [5, 5.41) is 13.0. The molecule has 0 saturated carbocycles. The lowest BCUT2D eigenvalue weighted by Gasteiger charge is -2.14. The zero-order valence-corrected chi connectivity index (χ0v) is 8.59. The monoisotopic (exact) mass is 209 g/mol. The van der Waals surface area contributed by atoms with Crippen LogP contribution in [0.2, 0.25) is 0 Å². The topological polar surface area (TPSA) is 58.4 Å². The van der Waals surface area contributed by atoms with Crippen LogP contribution in [0.5, 0.6) is 5.75 Å². The fourth-order valence-electron chi connectivity index (χ4n) is 1.81. The summed E-state index contributed by atoms with van der Waals surface area (Å²) >= 11 is 0. The van der Waals surface area contributed by atoms with E-state index < -0.39 is 0 Å². The number of amides is 1. The van der Waals surface area contributed by atoms with Crippen LogP contribution in [0.1, 0.15) is 19.3 Å². The van der Waals surface area contributed by atoms with Gasteiger partial charge in [0.2, 0.25) is 5.91 Å². The summed E-state index contributed by atoms with van der Waals surface area (Å²) in [7, 11) is 0. The Morgan fingerprint density at radius 1 is 1.47 bits per heavy atom. The van der Waals surface area contributed by atoms with Gasteiger partial charge in [-0.25, -0.2) is 0 Å². The lowest BCUT2D eigenvalue weighted by molar-refractivity contribution is -0.130. The second-order valence-electron chi connectivity index (χ2n) is 3.80. The Labute approximate surface area is 88.3 Å². The molecule has 0 radical (unpaired) electrons. The van der Waals surface area contributed by atoms with E-state index in [2.05, 4.69) is 5.10 Å². The quantitative estimate of drug-likeness (QED) is 0.793. The van der Waals surface area contributed by atoms with E-state index in [-0.39, 0.29) is 11.7 Å². The third-order valence-electron chi connectivity index (χ3n) is 2.63. The number of carbonyl (C=O) groups excluding carboxylic acids is 1. The molecule has 0 spiro atoms. The standard InChI is InChI=1S/C10H15N3O2/c14-9-7-11-13(8-9)6-3-10(15)12-4-1-2-5-12/h7-8,14H,1-6H2. The van der Waals surface area contributed by atoms with Crippen molar-refractivity contribution in [1.29, 1.82) is 0 Å². The van der Waals surface area contributed by atoms with Crippen molar-refractivity contribution in [3.63, 3.8) is 0 Å². The van der Waals surface area contributed by atoms with Gasteiger partial charge in [0.1, 0.15) is 0 Å². The maximum atomic E-state index is 11.6. The normalized spacial score (nSPS) is 15.9. The Bertz CT molecular complexity index is 342. The molecule has 5 nitrogen and oxygen atoms in total. The second kappa shape index (κ2) is 4.33. The van der Waals surface area contributed by atoms with Gasteiger partial charge in [-0.05, 0) is 12.8 Å². The van der Waals surface area contributed by atoms with E-state index >= 15 is 0 Å². The highest BCUT2D eigenvalue weighted by atomic mass is 16.3. The zero-order chi connectivity index (χ0) is 10.7. The predicted octanol–water partition coefficient (Wildman–Crippen LogP) is 0.601. The number of aryl methyl sites for hydroxylation is 1. The van der Waals surface area contributed by atoms with E-state index in [1.807, 2.05) is 4.90 Å². The Kier molecular flexibility index (Phi) is 2.89. The van der Waals surface area contributed by atoms with Gasteiger partial charge in [-0.3, -0.25) is 9.48 Å². The maximum absolute atomic E-state index is 11.6. The van der Waals surface area contributed by atoms with Gasteiger partial charge in [0.15, 0.2) is 5.75 Å². The Balaban J connectivity index is 1.80. The first-order valence-corrected chi connectivity index (χ1v) is 5.25. The predicted molar refractivity (Wildman–Crippen MR) is 54.3 cm³/mol. The van der Waals surface area contributed by atoms with Crippen LogP contribution in [0.3, 0.4) is 0 Å². The molecule has 2 heterocycles. The van der Waals surface area contributed by atoms with Crippen molar-refractivity contribution in [2.75, 3.05) is 13.1 Å². The summed E-state index contributed by atoms with van der Waals surface area (Å²) in [4.78, 5) is 13.5. The highest BCUT2D eigenvalue weighted by molar-refractivity contribution is 5.76. The summed E-state index contributed by atoms with van der Waals surface area (Å²) in [6.45, 7) is 2.32. The molecule has 0 aliphatic carbocycles. The first-order chi connectivity index (χ1) is 7.25. The van der Waals surface area contributed by atoms with Crippen LogP contribution in [0.4, 0.5) is 0 Å². The fraction of sp³-hybridized carbons (Fsp3) is 0.600. The van der Waals surface area contributed by atoms with Crippen LogP contribution in [-0.2, 0) is 11.3 Å². The van der Waals surface area contributed by atoms with Gasteiger partial charge in [0, 0.05) is 26.1 Å². The van der Waals surface area contributed by atoms with Crippen molar-refractivity contribution in [1.82, 2.24) is 14.7 Å². The molecule has 5 heteroatoms. The van der Waals surface area contributed by atoms with Crippen molar-refractivity contribution in [3.05, 3.63) is 12.4 Å². The molecular weight excluding hydrogens is 194 g/mol. The van der Waals surface area contributed by atoms with Crippen LogP contribution in [0.25, 0.3) is 0 Å². The van der Waals surface area contributed by atoms with Crippen molar-refractivity contribution in [2.45, 2.75) is 25.8 Å². The van der Waals surface area contributed by atoms with E-state index in [9.17, 15) is 4.79 Å². The molecule has 1 aromatic heterocycles. The summed E-state index contributed by atoms with van der Waals surface area (Å²) in [6.07, 6.45) is 5.60. The molecule has 0 bridgehead atoms. The SMILES string of the molecule is O=C(CCn1cc(O)cn1)N1CCCC1. The zero-order valence-electron chi connectivity index (χ0n) is 8.59. The number of hydrogen-bond acceptors (Lipinski definition) is 3. The van der Waals surface area contributed by atoms with Crippen molar-refractivity contribution < 1.29 is 9.90 Å². The van der Waals surface area contributed by atoms with Crippen molar-refractivity contribution >= 4 is 5.91 Å². The minimum absolute atomic E-state index is 0.142. The number of nitrogens with zero attached hydrogens (tertiary/aromatic N) is 3. The largest absolute Gasteiger partial charge is 0.505 e. The van der Waals surface area contributed by atoms with Gasteiger partial charge >= 0.3 is 0 Å². The molecule has 0 aromatic carbocycles. The van der Waals surface area contributed by atoms with E-state index in [1.54, 1.807) is 4.68 Å². The Morgan fingerprint density at radius 3 is 2.80 bits per heavy atom. The molecule has 1 aromatic rings. The molecule has 1 saturated heterocycles. The number of aromatic nitrogens is 2. The van der Waals surface area contributed by atoms with Crippen LogP contribution in [0.15, 0.2) is 12.4 Å². The number of aromatic hydroxyl groups is 1. The summed E-state index contributed by atoms with van der Waals surface area (Å²) < 4.78 is 1.59. The third kappa shape index (κ3) is 2.49. The molecule has 1 N–H and O–H groups in total. The molecule has 0 atom stereocenters. The molecule has 1 aliphatic rings. The van der Waals surface area contributed by atoms with Crippen LogP contribution < -0.4 is 0 Å². The maximum Gasteiger partial charge on any atom is 0.224 e. The van der Waals surface area contributed by atoms with E-state index in [0.29, 0.717) is 13.0 Å². The van der Waals surface area contributed by atoms with E-state index in [4.69, 9.17) is 5.11 Å². The number of rotatable bonds is 3. The van der Waals surface area contributed by atoms with Crippen molar-refractivity contribution in [2.24, 2.45) is 0 Å². The summed E-state index contributed by atoms with van der Waals surface area (Å²) in [5.41, 5.74) is 0. The lowest BCUT2D eigenvalue weighted by Crippen LogP contribution is -2.28. The Hall–Kier alpha value is -1.52. The molecule has 1 aliphatic heterocycles. The number of hydrogen-bond donors (Lipinski definition) is 1. The minimum atomic E-state index is 0.142. The van der Waals surface area contributed by atoms with Crippen LogP contribution >= 0.6 is 0 Å². The molecule has 0 unspecified atom stereocenters. The minimum Gasteiger partial charge on any atom is -0.505 e. The molecule has 1 fully saturated rings. The van der Waals surface area contributed by atoms with Crippen LogP contribution in [-0.4, -0.2) is 38.8 Å². The van der Waals surface area contributed by atoms with Gasteiger partial charge in [-0.1, -0.05) is 0 Å². The average molecular weight is 209 g/mol. The first-order valence-electron chi connectivity index (χ1n) is 5.25. The molecule has 82 valence electrons. The highest BCUT2D eigenvalue weighted by Gasteiger charge is 2.17. The Morgan fingerprint density at radius 2 is 2.20 bits per heavy atom. The van der Waals surface area contributed by atoms with Gasteiger partial charge in [0.05, 0.1) is 12.4 Å².